The number of carbonyl (C=O) groups is 1. The molecular weight excluding hydrogens is 288 g/mol. The van der Waals surface area contributed by atoms with Gasteiger partial charge in [0.25, 0.3) is 0 Å². The van der Waals surface area contributed by atoms with E-state index >= 15 is 0 Å². The molecule has 0 saturated heterocycles. The minimum absolute atomic E-state index is 0.251. The van der Waals surface area contributed by atoms with Crippen LogP contribution in [0.4, 0.5) is 16.2 Å². The van der Waals surface area contributed by atoms with Gasteiger partial charge in [0, 0.05) is 18.3 Å². The van der Waals surface area contributed by atoms with Crippen LogP contribution in [-0.2, 0) is 11.2 Å². The van der Waals surface area contributed by atoms with Crippen molar-refractivity contribution in [2.24, 2.45) is 5.92 Å². The zero-order valence-electron chi connectivity index (χ0n) is 14.7. The summed E-state index contributed by atoms with van der Waals surface area (Å²) in [6, 6.07) is 6.80. The number of benzene rings is 1. The summed E-state index contributed by atoms with van der Waals surface area (Å²) in [5.74, 6) is 0.926. The second-order valence-corrected chi connectivity index (χ2v) is 7.95. The highest BCUT2D eigenvalue weighted by Gasteiger charge is 2.29. The summed E-state index contributed by atoms with van der Waals surface area (Å²) < 4.78 is 5.50. The molecule has 1 unspecified atom stereocenters. The fourth-order valence-corrected chi connectivity index (χ4v) is 3.20. The maximum absolute atomic E-state index is 12.3. The van der Waals surface area contributed by atoms with E-state index in [1.54, 1.807) is 4.90 Å². The molecule has 1 heterocycles. The summed E-state index contributed by atoms with van der Waals surface area (Å²) >= 11 is 0. The van der Waals surface area contributed by atoms with Gasteiger partial charge < -0.3 is 10.1 Å². The normalized spacial score (nSPS) is 18.5. The Hall–Kier alpha value is -1.71. The lowest BCUT2D eigenvalue weighted by atomic mass is 10.1. The van der Waals surface area contributed by atoms with Crippen LogP contribution in [0.3, 0.4) is 0 Å². The van der Waals surface area contributed by atoms with Gasteiger partial charge in [0.1, 0.15) is 5.60 Å². The highest BCUT2D eigenvalue weighted by atomic mass is 16.6. The molecule has 4 heteroatoms. The average Bonchev–Trinajstić information content (AvgIpc) is 3.13. The molecular formula is C19H28N2O2. The van der Waals surface area contributed by atoms with E-state index in [-0.39, 0.29) is 6.09 Å². The summed E-state index contributed by atoms with van der Waals surface area (Å²) in [7, 11) is 0. The number of nitrogens with zero attached hydrogens (tertiary/aromatic N) is 1. The SMILES string of the molecule is CC(CC1CC1)Nc1ccc2c(c1)CCN2C(=O)OC(C)(C)C. The van der Waals surface area contributed by atoms with E-state index < -0.39 is 5.60 Å². The number of hydrogen-bond acceptors (Lipinski definition) is 3. The quantitative estimate of drug-likeness (QED) is 0.883. The molecule has 1 amide bonds. The van der Waals surface area contributed by atoms with Crippen LogP contribution < -0.4 is 10.2 Å². The van der Waals surface area contributed by atoms with Crippen molar-refractivity contribution < 1.29 is 9.53 Å². The highest BCUT2D eigenvalue weighted by molar-refractivity contribution is 5.91. The van der Waals surface area contributed by atoms with E-state index in [1.165, 1.54) is 24.8 Å². The third kappa shape index (κ3) is 4.18. The number of nitrogens with one attached hydrogen (secondary N) is 1. The van der Waals surface area contributed by atoms with Gasteiger partial charge >= 0.3 is 6.09 Å². The topological polar surface area (TPSA) is 41.6 Å². The van der Waals surface area contributed by atoms with Gasteiger partial charge in [-0.3, -0.25) is 4.90 Å². The van der Waals surface area contributed by atoms with E-state index in [1.807, 2.05) is 26.8 Å². The number of amides is 1. The lowest BCUT2D eigenvalue weighted by Gasteiger charge is -2.25. The van der Waals surface area contributed by atoms with Crippen molar-refractivity contribution in [3.63, 3.8) is 0 Å². The Labute approximate surface area is 139 Å². The minimum atomic E-state index is -0.459. The molecule has 0 radical (unpaired) electrons. The van der Waals surface area contributed by atoms with Crippen LogP contribution in [0.15, 0.2) is 18.2 Å². The van der Waals surface area contributed by atoms with Crippen molar-refractivity contribution in [3.8, 4) is 0 Å². The molecule has 1 aromatic rings. The number of hydrogen-bond donors (Lipinski definition) is 1. The molecule has 1 saturated carbocycles. The molecule has 2 aliphatic rings. The minimum Gasteiger partial charge on any atom is -0.443 e. The molecule has 1 fully saturated rings. The Balaban J connectivity index is 1.66. The smallest absolute Gasteiger partial charge is 0.414 e. The lowest BCUT2D eigenvalue weighted by Crippen LogP contribution is -2.35. The standard InChI is InChI=1S/C19H28N2O2/c1-13(11-14-5-6-14)20-16-7-8-17-15(12-16)9-10-21(17)18(22)23-19(2,3)4/h7-8,12-14,20H,5-6,9-11H2,1-4H3. The maximum Gasteiger partial charge on any atom is 0.414 e. The molecule has 0 spiro atoms. The molecule has 1 aromatic carbocycles. The average molecular weight is 316 g/mol. The zero-order chi connectivity index (χ0) is 16.6. The fourth-order valence-electron chi connectivity index (χ4n) is 3.20. The van der Waals surface area contributed by atoms with Crippen LogP contribution in [0.2, 0.25) is 0 Å². The Kier molecular flexibility index (Phi) is 4.26. The predicted octanol–water partition coefficient (Wildman–Crippen LogP) is 4.58. The summed E-state index contributed by atoms with van der Waals surface area (Å²) in [6.45, 7) is 8.65. The van der Waals surface area contributed by atoms with Crippen LogP contribution >= 0.6 is 0 Å². The molecule has 4 nitrogen and oxygen atoms in total. The van der Waals surface area contributed by atoms with Crippen LogP contribution in [0.1, 0.15) is 52.5 Å². The summed E-state index contributed by atoms with van der Waals surface area (Å²) in [6.07, 6.45) is 4.67. The Morgan fingerprint density at radius 3 is 2.78 bits per heavy atom. The molecule has 23 heavy (non-hydrogen) atoms. The number of anilines is 2. The van der Waals surface area contributed by atoms with Gasteiger partial charge in [-0.2, -0.15) is 0 Å². The summed E-state index contributed by atoms with van der Waals surface area (Å²) in [5.41, 5.74) is 2.90. The Morgan fingerprint density at radius 2 is 2.13 bits per heavy atom. The fraction of sp³-hybridized carbons (Fsp3) is 0.632. The van der Waals surface area contributed by atoms with Crippen molar-refractivity contribution in [1.29, 1.82) is 0 Å². The van der Waals surface area contributed by atoms with Crippen molar-refractivity contribution in [1.82, 2.24) is 0 Å². The highest BCUT2D eigenvalue weighted by Crippen LogP contribution is 2.35. The van der Waals surface area contributed by atoms with Crippen LogP contribution in [0.5, 0.6) is 0 Å². The van der Waals surface area contributed by atoms with Gasteiger partial charge in [0.05, 0.1) is 5.69 Å². The van der Waals surface area contributed by atoms with Gasteiger partial charge in [0.2, 0.25) is 0 Å². The first-order valence-corrected chi connectivity index (χ1v) is 8.72. The Bertz CT molecular complexity index is 588. The van der Waals surface area contributed by atoms with Crippen molar-refractivity contribution in [3.05, 3.63) is 23.8 Å². The number of ether oxygens (including phenoxy) is 1. The first-order chi connectivity index (χ1) is 10.8. The van der Waals surface area contributed by atoms with E-state index in [2.05, 4.69) is 24.4 Å². The molecule has 126 valence electrons. The van der Waals surface area contributed by atoms with Gasteiger partial charge in [-0.15, -0.1) is 0 Å². The van der Waals surface area contributed by atoms with Gasteiger partial charge in [-0.1, -0.05) is 12.8 Å². The molecule has 3 rings (SSSR count). The van der Waals surface area contributed by atoms with E-state index in [9.17, 15) is 4.79 Å². The third-order valence-corrected chi connectivity index (χ3v) is 4.39. The molecule has 0 bridgehead atoms. The summed E-state index contributed by atoms with van der Waals surface area (Å²) in [4.78, 5) is 14.1. The maximum atomic E-state index is 12.3. The van der Waals surface area contributed by atoms with E-state index in [4.69, 9.17) is 4.74 Å². The van der Waals surface area contributed by atoms with Crippen molar-refractivity contribution in [2.75, 3.05) is 16.8 Å². The number of carbonyl (C=O) groups excluding carboxylic acids is 1. The molecule has 1 N–H and O–H groups in total. The molecule has 1 atom stereocenters. The monoisotopic (exact) mass is 316 g/mol. The molecule has 1 aliphatic heterocycles. The number of rotatable bonds is 4. The van der Waals surface area contributed by atoms with Crippen LogP contribution in [-0.4, -0.2) is 24.3 Å². The zero-order valence-corrected chi connectivity index (χ0v) is 14.7. The number of fused-ring (bicyclic) bond motifs is 1. The first-order valence-electron chi connectivity index (χ1n) is 8.72. The summed E-state index contributed by atoms with van der Waals surface area (Å²) in [5, 5.41) is 3.59. The second kappa shape index (κ2) is 6.06. The van der Waals surface area contributed by atoms with Gasteiger partial charge in [0.15, 0.2) is 0 Å². The largest absolute Gasteiger partial charge is 0.443 e. The third-order valence-electron chi connectivity index (χ3n) is 4.39. The van der Waals surface area contributed by atoms with E-state index in [0.717, 1.165) is 23.7 Å². The molecule has 1 aliphatic carbocycles. The van der Waals surface area contributed by atoms with Crippen LogP contribution in [0, 0.1) is 5.92 Å². The van der Waals surface area contributed by atoms with Gasteiger partial charge in [-0.05, 0) is 70.2 Å². The van der Waals surface area contributed by atoms with E-state index in [0.29, 0.717) is 12.6 Å². The van der Waals surface area contributed by atoms with Crippen molar-refractivity contribution >= 4 is 17.5 Å². The first kappa shape index (κ1) is 16.2. The Morgan fingerprint density at radius 1 is 1.39 bits per heavy atom. The molecule has 0 aromatic heterocycles. The van der Waals surface area contributed by atoms with Crippen molar-refractivity contribution in [2.45, 2.75) is 65.0 Å². The van der Waals surface area contributed by atoms with Crippen LogP contribution in [0.25, 0.3) is 0 Å². The second-order valence-electron chi connectivity index (χ2n) is 7.95. The lowest BCUT2D eigenvalue weighted by molar-refractivity contribution is 0.0584. The predicted molar refractivity (Wildman–Crippen MR) is 94.2 cm³/mol. The van der Waals surface area contributed by atoms with Gasteiger partial charge in [-0.25, -0.2) is 4.79 Å².